The Morgan fingerprint density at radius 2 is 1.96 bits per heavy atom. The van der Waals surface area contributed by atoms with Crippen LogP contribution in [0.3, 0.4) is 0 Å². The molecule has 0 aliphatic carbocycles. The summed E-state index contributed by atoms with van der Waals surface area (Å²) in [4.78, 5) is 12.9. The van der Waals surface area contributed by atoms with Gasteiger partial charge in [0.2, 0.25) is 5.91 Å². The van der Waals surface area contributed by atoms with E-state index in [-0.39, 0.29) is 5.91 Å². The second-order valence-corrected chi connectivity index (χ2v) is 6.60. The van der Waals surface area contributed by atoms with E-state index >= 15 is 0 Å². The average molecular weight is 358 g/mol. The smallest absolute Gasteiger partial charge is 0.244 e. The fourth-order valence-corrected chi connectivity index (χ4v) is 3.78. The van der Waals surface area contributed by atoms with Crippen molar-refractivity contribution in [1.29, 1.82) is 0 Å². The van der Waals surface area contributed by atoms with Crippen molar-refractivity contribution < 1.29 is 9.53 Å². The van der Waals surface area contributed by atoms with Gasteiger partial charge in [-0.2, -0.15) is 0 Å². The van der Waals surface area contributed by atoms with E-state index in [1.165, 1.54) is 6.08 Å². The lowest BCUT2D eigenvalue weighted by molar-refractivity contribution is -0.116. The third-order valence-corrected chi connectivity index (χ3v) is 5.25. The molecule has 0 aliphatic rings. The Hall–Kier alpha value is -2.30. The highest BCUT2D eigenvalue weighted by Gasteiger charge is 2.08. The van der Waals surface area contributed by atoms with E-state index in [9.17, 15) is 4.79 Å². The maximum absolute atomic E-state index is 12.0. The zero-order chi connectivity index (χ0) is 16.9. The van der Waals surface area contributed by atoms with Crippen LogP contribution in [-0.2, 0) is 11.3 Å². The first kappa shape index (κ1) is 16.6. The molecule has 1 heterocycles. The van der Waals surface area contributed by atoms with E-state index < -0.39 is 0 Å². The van der Waals surface area contributed by atoms with Crippen LogP contribution in [0.5, 0.6) is 5.75 Å². The number of hydrogen-bond donors (Lipinski definition) is 1. The van der Waals surface area contributed by atoms with Gasteiger partial charge in [0.15, 0.2) is 0 Å². The maximum atomic E-state index is 12.0. The number of benzene rings is 2. The van der Waals surface area contributed by atoms with E-state index in [1.54, 1.807) is 24.5 Å². The first-order valence-electron chi connectivity index (χ1n) is 7.44. The Balaban J connectivity index is 1.67. The highest BCUT2D eigenvalue weighted by atomic mass is 35.5. The number of hydrogen-bond acceptors (Lipinski definition) is 3. The number of fused-ring (bicyclic) bond motifs is 1. The van der Waals surface area contributed by atoms with Crippen LogP contribution in [0.2, 0.25) is 5.02 Å². The Bertz CT molecular complexity index is 901. The molecule has 0 radical (unpaired) electrons. The summed E-state index contributed by atoms with van der Waals surface area (Å²) in [5.41, 5.74) is 0.932. The Morgan fingerprint density at radius 3 is 2.75 bits per heavy atom. The second-order valence-electron chi connectivity index (χ2n) is 5.14. The summed E-state index contributed by atoms with van der Waals surface area (Å²) in [6.45, 7) is 0.410. The van der Waals surface area contributed by atoms with E-state index in [0.29, 0.717) is 11.6 Å². The van der Waals surface area contributed by atoms with Crippen molar-refractivity contribution in [2.75, 3.05) is 7.11 Å². The first-order chi connectivity index (χ1) is 11.7. The molecule has 24 heavy (non-hydrogen) atoms. The van der Waals surface area contributed by atoms with Crippen LogP contribution in [0.15, 0.2) is 54.6 Å². The number of nitrogens with one attached hydrogen (secondary N) is 1. The Labute approximate surface area is 149 Å². The molecule has 3 rings (SSSR count). The van der Waals surface area contributed by atoms with Gasteiger partial charge >= 0.3 is 0 Å². The molecule has 0 atom stereocenters. The van der Waals surface area contributed by atoms with Crippen molar-refractivity contribution in [2.45, 2.75) is 6.54 Å². The van der Waals surface area contributed by atoms with Crippen molar-refractivity contribution in [3.63, 3.8) is 0 Å². The molecule has 0 spiro atoms. The van der Waals surface area contributed by atoms with Gasteiger partial charge in [0.1, 0.15) is 5.75 Å². The SMILES string of the molecule is COc1ccccc1CNC(=O)/C=C/c1sc2ccccc2c1Cl. The quantitative estimate of drug-likeness (QED) is 0.660. The van der Waals surface area contributed by atoms with Crippen LogP contribution in [-0.4, -0.2) is 13.0 Å². The van der Waals surface area contributed by atoms with Gasteiger partial charge in [-0.25, -0.2) is 0 Å². The minimum absolute atomic E-state index is 0.172. The molecule has 3 nitrogen and oxygen atoms in total. The summed E-state index contributed by atoms with van der Waals surface area (Å²) < 4.78 is 6.38. The van der Waals surface area contributed by atoms with Crippen molar-refractivity contribution in [3.05, 3.63) is 70.1 Å². The Morgan fingerprint density at radius 1 is 1.21 bits per heavy atom. The topological polar surface area (TPSA) is 38.3 Å². The van der Waals surface area contributed by atoms with Gasteiger partial charge in [-0.15, -0.1) is 11.3 Å². The molecule has 0 fully saturated rings. The summed E-state index contributed by atoms with van der Waals surface area (Å²) in [7, 11) is 1.62. The van der Waals surface area contributed by atoms with Crippen molar-refractivity contribution >= 4 is 45.0 Å². The van der Waals surface area contributed by atoms with Gasteiger partial charge in [-0.1, -0.05) is 48.0 Å². The average Bonchev–Trinajstić information content (AvgIpc) is 2.94. The van der Waals surface area contributed by atoms with Crippen molar-refractivity contribution in [2.24, 2.45) is 0 Å². The monoisotopic (exact) mass is 357 g/mol. The largest absolute Gasteiger partial charge is 0.496 e. The number of thiophene rings is 1. The number of amides is 1. The van der Waals surface area contributed by atoms with Gasteiger partial charge in [-0.3, -0.25) is 4.79 Å². The van der Waals surface area contributed by atoms with Crippen LogP contribution in [0.1, 0.15) is 10.4 Å². The predicted molar refractivity (Wildman–Crippen MR) is 101 cm³/mol. The highest BCUT2D eigenvalue weighted by molar-refractivity contribution is 7.20. The van der Waals surface area contributed by atoms with Crippen LogP contribution in [0, 0.1) is 0 Å². The number of carbonyl (C=O) groups excluding carboxylic acids is 1. The molecule has 0 unspecified atom stereocenters. The summed E-state index contributed by atoms with van der Waals surface area (Å²) in [6, 6.07) is 15.5. The van der Waals surface area contributed by atoms with Crippen LogP contribution < -0.4 is 10.1 Å². The molecular formula is C19H16ClNO2S. The molecule has 0 bridgehead atoms. The third kappa shape index (κ3) is 3.61. The van der Waals surface area contributed by atoms with Gasteiger partial charge < -0.3 is 10.1 Å². The first-order valence-corrected chi connectivity index (χ1v) is 8.63. The van der Waals surface area contributed by atoms with Gasteiger partial charge in [0, 0.05) is 33.1 Å². The number of halogens is 1. The molecular weight excluding hydrogens is 342 g/mol. The number of carbonyl (C=O) groups is 1. The third-order valence-electron chi connectivity index (χ3n) is 3.59. The highest BCUT2D eigenvalue weighted by Crippen LogP contribution is 2.35. The zero-order valence-corrected chi connectivity index (χ0v) is 14.7. The summed E-state index contributed by atoms with van der Waals surface area (Å²) >= 11 is 7.93. The molecule has 0 aliphatic heterocycles. The molecule has 2 aromatic carbocycles. The molecule has 1 aromatic heterocycles. The summed E-state index contributed by atoms with van der Waals surface area (Å²) in [5.74, 6) is 0.587. The van der Waals surface area contributed by atoms with Crippen LogP contribution in [0.25, 0.3) is 16.2 Å². The lowest BCUT2D eigenvalue weighted by atomic mass is 10.2. The van der Waals surface area contributed by atoms with Crippen LogP contribution in [0.4, 0.5) is 0 Å². The summed E-state index contributed by atoms with van der Waals surface area (Å²) in [5, 5.41) is 4.55. The van der Waals surface area contributed by atoms with Gasteiger partial charge in [0.05, 0.1) is 12.1 Å². The van der Waals surface area contributed by atoms with E-state index in [0.717, 1.165) is 26.3 Å². The van der Waals surface area contributed by atoms with E-state index in [2.05, 4.69) is 5.32 Å². The molecule has 1 N–H and O–H groups in total. The fraction of sp³-hybridized carbons (Fsp3) is 0.105. The lowest BCUT2D eigenvalue weighted by Gasteiger charge is -2.08. The molecule has 1 amide bonds. The minimum atomic E-state index is -0.172. The number of para-hydroxylation sites is 1. The van der Waals surface area contributed by atoms with Crippen molar-refractivity contribution in [3.8, 4) is 5.75 Å². The van der Waals surface area contributed by atoms with Crippen molar-refractivity contribution in [1.82, 2.24) is 5.32 Å². The zero-order valence-electron chi connectivity index (χ0n) is 13.1. The number of rotatable bonds is 5. The molecule has 0 saturated carbocycles. The molecule has 122 valence electrons. The number of ether oxygens (including phenoxy) is 1. The molecule has 0 saturated heterocycles. The van der Waals surface area contributed by atoms with Crippen LogP contribution >= 0.6 is 22.9 Å². The minimum Gasteiger partial charge on any atom is -0.496 e. The van der Waals surface area contributed by atoms with Gasteiger partial charge in [-0.05, 0) is 18.2 Å². The predicted octanol–water partition coefficient (Wildman–Crippen LogP) is 4.89. The standard InChI is InChI=1S/C19H16ClNO2S/c1-23-15-8-4-2-6-13(15)12-21-18(22)11-10-17-19(20)14-7-3-5-9-16(14)24-17/h2-11H,12H2,1H3,(H,21,22)/b11-10+. The normalized spacial score (nSPS) is 11.1. The maximum Gasteiger partial charge on any atom is 0.244 e. The molecule has 3 aromatic rings. The van der Waals surface area contributed by atoms with E-state index in [1.807, 2.05) is 48.5 Å². The summed E-state index contributed by atoms with van der Waals surface area (Å²) in [6.07, 6.45) is 3.26. The van der Waals surface area contributed by atoms with E-state index in [4.69, 9.17) is 16.3 Å². The van der Waals surface area contributed by atoms with Gasteiger partial charge in [0.25, 0.3) is 0 Å². The Kier molecular flexibility index (Phi) is 5.18. The molecule has 5 heteroatoms. The lowest BCUT2D eigenvalue weighted by Crippen LogP contribution is -2.20. The number of methoxy groups -OCH3 is 1. The second kappa shape index (κ2) is 7.51. The fourth-order valence-electron chi connectivity index (χ4n) is 2.38.